The van der Waals surface area contributed by atoms with Crippen molar-refractivity contribution in [2.24, 2.45) is 0 Å². The second kappa shape index (κ2) is 5.64. The molecule has 1 spiro atoms. The van der Waals surface area contributed by atoms with Gasteiger partial charge < -0.3 is 10.2 Å². The molecule has 0 radical (unpaired) electrons. The van der Waals surface area contributed by atoms with E-state index in [9.17, 15) is 9.59 Å². The molecule has 0 atom stereocenters. The largest absolute Gasteiger partial charge is 0.342 e. The van der Waals surface area contributed by atoms with Crippen LogP contribution in [0.25, 0.3) is 0 Å². The second-order valence-corrected chi connectivity index (χ2v) is 6.19. The van der Waals surface area contributed by atoms with Crippen LogP contribution in [0.5, 0.6) is 0 Å². The number of hydrogen-bond acceptors (Lipinski definition) is 3. The monoisotopic (exact) mass is 307 g/mol. The van der Waals surface area contributed by atoms with Gasteiger partial charge in [-0.15, -0.1) is 0 Å². The summed E-state index contributed by atoms with van der Waals surface area (Å²) in [6.45, 7) is 0.863. The van der Waals surface area contributed by atoms with Gasteiger partial charge in [-0.1, -0.05) is 24.4 Å². The van der Waals surface area contributed by atoms with E-state index in [0.717, 1.165) is 31.2 Å². The molecule has 1 aromatic heterocycles. The highest BCUT2D eigenvalue weighted by Crippen LogP contribution is 2.33. The van der Waals surface area contributed by atoms with Gasteiger partial charge >= 0.3 is 0 Å². The average molecular weight is 308 g/mol. The highest BCUT2D eigenvalue weighted by atomic mass is 35.5. The van der Waals surface area contributed by atoms with Gasteiger partial charge in [0.15, 0.2) is 0 Å². The zero-order valence-corrected chi connectivity index (χ0v) is 12.5. The lowest BCUT2D eigenvalue weighted by Gasteiger charge is -2.31. The van der Waals surface area contributed by atoms with Crippen molar-refractivity contribution in [2.45, 2.75) is 44.2 Å². The molecular weight excluding hydrogens is 290 g/mol. The molecular formula is C15H18ClN3O2. The number of rotatable bonds is 2. The van der Waals surface area contributed by atoms with E-state index >= 15 is 0 Å². The molecule has 2 heterocycles. The third kappa shape index (κ3) is 2.75. The standard InChI is InChI=1S/C15H18ClN3O2/c16-12-9-17-7-3-11(12)10-19-8-4-13(20)18-15(14(19)21)5-1-2-6-15/h3,7,9H,1-2,4-6,8,10H2,(H,18,20). The van der Waals surface area contributed by atoms with Crippen molar-refractivity contribution in [1.82, 2.24) is 15.2 Å². The molecule has 112 valence electrons. The van der Waals surface area contributed by atoms with Gasteiger partial charge in [-0.25, -0.2) is 0 Å². The van der Waals surface area contributed by atoms with Crippen molar-refractivity contribution in [3.8, 4) is 0 Å². The van der Waals surface area contributed by atoms with Crippen LogP contribution in [-0.4, -0.2) is 33.8 Å². The number of pyridine rings is 1. The number of carbonyl (C=O) groups excluding carboxylic acids is 2. The first-order valence-corrected chi connectivity index (χ1v) is 7.67. The van der Waals surface area contributed by atoms with E-state index in [0.29, 0.717) is 24.5 Å². The summed E-state index contributed by atoms with van der Waals surface area (Å²) in [4.78, 5) is 30.5. The minimum Gasteiger partial charge on any atom is -0.342 e. The van der Waals surface area contributed by atoms with E-state index in [-0.39, 0.29) is 11.8 Å². The predicted molar refractivity (Wildman–Crippen MR) is 78.6 cm³/mol. The quantitative estimate of drug-likeness (QED) is 0.907. The van der Waals surface area contributed by atoms with Crippen molar-refractivity contribution in [3.05, 3.63) is 29.0 Å². The fraction of sp³-hybridized carbons (Fsp3) is 0.533. The third-order valence-corrected chi connectivity index (χ3v) is 4.70. The Morgan fingerprint density at radius 3 is 2.81 bits per heavy atom. The van der Waals surface area contributed by atoms with E-state index < -0.39 is 5.54 Å². The van der Waals surface area contributed by atoms with Gasteiger partial charge in [0, 0.05) is 31.9 Å². The zero-order valence-electron chi connectivity index (χ0n) is 11.8. The summed E-state index contributed by atoms with van der Waals surface area (Å²) in [5, 5.41) is 3.51. The molecule has 2 fully saturated rings. The first-order chi connectivity index (χ1) is 10.1. The molecule has 0 bridgehead atoms. The summed E-state index contributed by atoms with van der Waals surface area (Å²) in [7, 11) is 0. The van der Waals surface area contributed by atoms with Gasteiger partial charge in [0.2, 0.25) is 11.8 Å². The molecule has 1 N–H and O–H groups in total. The molecule has 1 aromatic rings. The Morgan fingerprint density at radius 2 is 2.10 bits per heavy atom. The molecule has 3 rings (SSSR count). The average Bonchev–Trinajstić information content (AvgIpc) is 2.90. The molecule has 2 aliphatic rings. The molecule has 1 aliphatic carbocycles. The Kier molecular flexibility index (Phi) is 3.85. The van der Waals surface area contributed by atoms with Crippen molar-refractivity contribution < 1.29 is 9.59 Å². The fourth-order valence-electron chi connectivity index (χ4n) is 3.23. The Morgan fingerprint density at radius 1 is 1.33 bits per heavy atom. The Bertz CT molecular complexity index is 570. The summed E-state index contributed by atoms with van der Waals surface area (Å²) in [5.41, 5.74) is 0.176. The smallest absolute Gasteiger partial charge is 0.248 e. The van der Waals surface area contributed by atoms with E-state index in [2.05, 4.69) is 10.3 Å². The first kappa shape index (κ1) is 14.3. The van der Waals surface area contributed by atoms with E-state index in [1.54, 1.807) is 17.3 Å². The summed E-state index contributed by atoms with van der Waals surface area (Å²) >= 11 is 6.13. The number of aromatic nitrogens is 1. The van der Waals surface area contributed by atoms with E-state index in [1.807, 2.05) is 6.07 Å². The van der Waals surface area contributed by atoms with Crippen LogP contribution in [0.15, 0.2) is 18.5 Å². The summed E-state index contributed by atoms with van der Waals surface area (Å²) in [6.07, 6.45) is 7.02. The number of nitrogens with zero attached hydrogens (tertiary/aromatic N) is 2. The van der Waals surface area contributed by atoms with Crippen molar-refractivity contribution in [3.63, 3.8) is 0 Å². The molecule has 2 amide bonds. The maximum Gasteiger partial charge on any atom is 0.248 e. The lowest BCUT2D eigenvalue weighted by Crippen LogP contribution is -2.55. The van der Waals surface area contributed by atoms with Gasteiger partial charge in [-0.05, 0) is 24.5 Å². The highest BCUT2D eigenvalue weighted by Gasteiger charge is 2.46. The second-order valence-electron chi connectivity index (χ2n) is 5.78. The van der Waals surface area contributed by atoms with Gasteiger partial charge in [-0.2, -0.15) is 0 Å². The van der Waals surface area contributed by atoms with Crippen molar-refractivity contribution in [2.75, 3.05) is 6.54 Å². The molecule has 1 saturated heterocycles. The lowest BCUT2D eigenvalue weighted by molar-refractivity contribution is -0.139. The number of hydrogen-bond donors (Lipinski definition) is 1. The molecule has 1 aliphatic heterocycles. The summed E-state index contributed by atoms with van der Waals surface area (Å²) in [6, 6.07) is 1.82. The SMILES string of the molecule is O=C1CCN(Cc2ccncc2Cl)C(=O)C2(CCCC2)N1. The van der Waals surface area contributed by atoms with Crippen LogP contribution in [0, 0.1) is 0 Å². The molecule has 5 nitrogen and oxygen atoms in total. The Labute approximate surface area is 128 Å². The molecule has 6 heteroatoms. The fourth-order valence-corrected chi connectivity index (χ4v) is 3.41. The van der Waals surface area contributed by atoms with E-state index in [4.69, 9.17) is 11.6 Å². The van der Waals surface area contributed by atoms with Crippen LogP contribution in [0.2, 0.25) is 5.02 Å². The van der Waals surface area contributed by atoms with Crippen LogP contribution >= 0.6 is 11.6 Å². The van der Waals surface area contributed by atoms with Crippen LogP contribution in [0.3, 0.4) is 0 Å². The maximum absolute atomic E-state index is 12.9. The number of halogens is 1. The normalized spacial score (nSPS) is 21.5. The van der Waals surface area contributed by atoms with Crippen LogP contribution < -0.4 is 5.32 Å². The summed E-state index contributed by atoms with van der Waals surface area (Å²) in [5.74, 6) is -0.00713. The third-order valence-electron chi connectivity index (χ3n) is 4.36. The van der Waals surface area contributed by atoms with Crippen LogP contribution in [-0.2, 0) is 16.1 Å². The zero-order chi connectivity index (χ0) is 14.9. The Hall–Kier alpha value is -1.62. The number of carbonyl (C=O) groups is 2. The van der Waals surface area contributed by atoms with E-state index in [1.165, 1.54) is 0 Å². The molecule has 1 saturated carbocycles. The maximum atomic E-state index is 12.9. The van der Waals surface area contributed by atoms with Gasteiger partial charge in [-0.3, -0.25) is 14.6 Å². The highest BCUT2D eigenvalue weighted by molar-refractivity contribution is 6.31. The van der Waals surface area contributed by atoms with Crippen LogP contribution in [0.1, 0.15) is 37.7 Å². The number of nitrogens with one attached hydrogen (secondary N) is 1. The van der Waals surface area contributed by atoms with Crippen molar-refractivity contribution in [1.29, 1.82) is 0 Å². The van der Waals surface area contributed by atoms with Gasteiger partial charge in [0.05, 0.1) is 5.02 Å². The predicted octanol–water partition coefficient (Wildman–Crippen LogP) is 1.90. The Balaban J connectivity index is 1.85. The van der Waals surface area contributed by atoms with Crippen LogP contribution in [0.4, 0.5) is 0 Å². The molecule has 0 aromatic carbocycles. The topological polar surface area (TPSA) is 62.3 Å². The molecule has 0 unspecified atom stereocenters. The minimum atomic E-state index is -0.687. The summed E-state index contributed by atoms with van der Waals surface area (Å²) < 4.78 is 0. The lowest BCUT2D eigenvalue weighted by atomic mass is 9.95. The number of amides is 2. The van der Waals surface area contributed by atoms with Gasteiger partial charge in [0.1, 0.15) is 5.54 Å². The molecule has 21 heavy (non-hydrogen) atoms. The minimum absolute atomic E-state index is 0.0266. The first-order valence-electron chi connectivity index (χ1n) is 7.29. The van der Waals surface area contributed by atoms with Gasteiger partial charge in [0.25, 0.3) is 0 Å². The van der Waals surface area contributed by atoms with Crippen molar-refractivity contribution >= 4 is 23.4 Å².